The third-order valence-corrected chi connectivity index (χ3v) is 6.64. The van der Waals surface area contributed by atoms with Crippen molar-refractivity contribution in [1.82, 2.24) is 30.1 Å². The van der Waals surface area contributed by atoms with Gasteiger partial charge in [-0.05, 0) is 84.1 Å². The van der Waals surface area contributed by atoms with E-state index in [0.29, 0.717) is 12.5 Å². The lowest BCUT2D eigenvalue weighted by molar-refractivity contribution is 0.141. The highest BCUT2D eigenvalue weighted by Gasteiger charge is 2.32. The van der Waals surface area contributed by atoms with E-state index in [9.17, 15) is 0 Å². The van der Waals surface area contributed by atoms with Gasteiger partial charge in [0.15, 0.2) is 5.82 Å². The van der Waals surface area contributed by atoms with Gasteiger partial charge in [0.1, 0.15) is 11.8 Å². The van der Waals surface area contributed by atoms with Crippen LogP contribution in [-0.2, 0) is 13.0 Å². The second-order valence-electron chi connectivity index (χ2n) is 8.87. The molecule has 0 bridgehead atoms. The molecule has 1 saturated heterocycles. The maximum atomic E-state index is 5.29. The minimum absolute atomic E-state index is 0.0767. The number of tetrazole rings is 1. The van der Waals surface area contributed by atoms with Crippen LogP contribution in [0.15, 0.2) is 79.0 Å². The van der Waals surface area contributed by atoms with Gasteiger partial charge in [-0.25, -0.2) is 4.68 Å². The number of rotatable bonds is 8. The lowest BCUT2D eigenvalue weighted by Gasteiger charge is -2.36. The van der Waals surface area contributed by atoms with Gasteiger partial charge in [-0.1, -0.05) is 48.5 Å². The van der Waals surface area contributed by atoms with Crippen molar-refractivity contribution in [2.75, 3.05) is 20.2 Å². The van der Waals surface area contributed by atoms with Gasteiger partial charge in [-0.3, -0.25) is 9.88 Å². The molecule has 7 nitrogen and oxygen atoms in total. The molecular weight excluding hydrogens is 424 g/mol. The Morgan fingerprint density at radius 1 is 0.912 bits per heavy atom. The standard InChI is InChI=1S/C27H30N6O/c1-34-24-12-10-23(11-13-24)20-33-27(29-30-31-33)26(25-9-5-6-16-28-25)32-17-14-22(15-18-32)19-21-7-3-2-4-8-21/h2-13,16,22,26H,14-15,17-20H2,1H3. The Morgan fingerprint density at radius 2 is 1.68 bits per heavy atom. The van der Waals surface area contributed by atoms with Crippen LogP contribution in [0.5, 0.6) is 5.75 Å². The van der Waals surface area contributed by atoms with Crippen LogP contribution >= 0.6 is 0 Å². The second kappa shape index (κ2) is 10.6. The summed E-state index contributed by atoms with van der Waals surface area (Å²) in [6, 6.07) is 24.8. The summed E-state index contributed by atoms with van der Waals surface area (Å²) >= 11 is 0. The Bertz CT molecular complexity index is 1150. The van der Waals surface area contributed by atoms with E-state index >= 15 is 0 Å². The summed E-state index contributed by atoms with van der Waals surface area (Å²) in [5, 5.41) is 12.9. The number of piperidine rings is 1. The molecule has 1 fully saturated rings. The average molecular weight is 455 g/mol. The molecule has 1 aliphatic heterocycles. The average Bonchev–Trinajstić information content (AvgIpc) is 3.34. The van der Waals surface area contributed by atoms with Crippen LogP contribution in [0, 0.1) is 5.92 Å². The molecule has 174 valence electrons. The van der Waals surface area contributed by atoms with E-state index in [2.05, 4.69) is 69.0 Å². The molecule has 1 unspecified atom stereocenters. The van der Waals surface area contributed by atoms with Gasteiger partial charge in [-0.2, -0.15) is 0 Å². The molecule has 0 saturated carbocycles. The molecule has 2 aromatic heterocycles. The number of hydrogen-bond acceptors (Lipinski definition) is 6. The Kier molecular flexibility index (Phi) is 6.91. The molecule has 5 rings (SSSR count). The van der Waals surface area contributed by atoms with Crippen molar-refractivity contribution in [2.24, 2.45) is 5.92 Å². The summed E-state index contributed by atoms with van der Waals surface area (Å²) in [5.41, 5.74) is 3.52. The van der Waals surface area contributed by atoms with Crippen LogP contribution in [0.1, 0.15) is 41.5 Å². The SMILES string of the molecule is COc1ccc(Cn2nnnc2C(c2ccccn2)N2CCC(Cc3ccccc3)CC2)cc1. The van der Waals surface area contributed by atoms with Crippen LogP contribution in [0.3, 0.4) is 0 Å². The molecule has 4 aromatic rings. The number of nitrogens with zero attached hydrogens (tertiary/aromatic N) is 6. The van der Waals surface area contributed by atoms with Crippen LogP contribution < -0.4 is 4.74 Å². The quantitative estimate of drug-likeness (QED) is 0.398. The highest BCUT2D eigenvalue weighted by atomic mass is 16.5. The fourth-order valence-electron chi connectivity index (χ4n) is 4.81. The maximum Gasteiger partial charge on any atom is 0.174 e. The van der Waals surface area contributed by atoms with Crippen LogP contribution in [0.25, 0.3) is 0 Å². The zero-order valence-corrected chi connectivity index (χ0v) is 19.5. The lowest BCUT2D eigenvalue weighted by atomic mass is 9.89. The van der Waals surface area contributed by atoms with Gasteiger partial charge in [-0.15, -0.1) is 5.10 Å². The molecule has 3 heterocycles. The molecule has 1 atom stereocenters. The molecule has 0 radical (unpaired) electrons. The van der Waals surface area contributed by atoms with Crippen molar-refractivity contribution in [2.45, 2.75) is 31.8 Å². The first kappa shape index (κ1) is 22.2. The summed E-state index contributed by atoms with van der Waals surface area (Å²) in [6.45, 7) is 2.59. The predicted octanol–water partition coefficient (Wildman–Crippen LogP) is 4.17. The largest absolute Gasteiger partial charge is 0.497 e. The Balaban J connectivity index is 1.35. The number of ether oxygens (including phenoxy) is 1. The van der Waals surface area contributed by atoms with Gasteiger partial charge in [0.2, 0.25) is 0 Å². The fraction of sp³-hybridized carbons (Fsp3) is 0.333. The van der Waals surface area contributed by atoms with E-state index < -0.39 is 0 Å². The molecule has 1 aliphatic rings. The molecular formula is C27H30N6O. The van der Waals surface area contributed by atoms with E-state index in [-0.39, 0.29) is 6.04 Å². The number of aromatic nitrogens is 5. The van der Waals surface area contributed by atoms with Crippen molar-refractivity contribution in [3.63, 3.8) is 0 Å². The van der Waals surface area contributed by atoms with Crippen molar-refractivity contribution >= 4 is 0 Å². The Morgan fingerprint density at radius 3 is 2.38 bits per heavy atom. The van der Waals surface area contributed by atoms with Gasteiger partial charge in [0, 0.05) is 6.20 Å². The minimum atomic E-state index is -0.0767. The van der Waals surface area contributed by atoms with E-state index in [1.807, 2.05) is 35.1 Å². The molecule has 2 aromatic carbocycles. The smallest absolute Gasteiger partial charge is 0.174 e. The zero-order chi connectivity index (χ0) is 23.2. The Labute approximate surface area is 200 Å². The van der Waals surface area contributed by atoms with E-state index in [0.717, 1.165) is 55.2 Å². The molecule has 0 aliphatic carbocycles. The number of hydrogen-bond donors (Lipinski definition) is 0. The van der Waals surface area contributed by atoms with Crippen LogP contribution in [-0.4, -0.2) is 50.3 Å². The lowest BCUT2D eigenvalue weighted by Crippen LogP contribution is -2.39. The van der Waals surface area contributed by atoms with Crippen molar-refractivity contribution in [1.29, 1.82) is 0 Å². The first-order chi connectivity index (χ1) is 16.8. The first-order valence-electron chi connectivity index (χ1n) is 11.9. The summed E-state index contributed by atoms with van der Waals surface area (Å²) < 4.78 is 7.19. The van der Waals surface area contributed by atoms with Gasteiger partial charge < -0.3 is 4.74 Å². The highest BCUT2D eigenvalue weighted by molar-refractivity contribution is 5.27. The maximum absolute atomic E-state index is 5.29. The topological polar surface area (TPSA) is 69.0 Å². The first-order valence-corrected chi connectivity index (χ1v) is 11.9. The monoisotopic (exact) mass is 454 g/mol. The molecule has 7 heteroatoms. The summed E-state index contributed by atoms with van der Waals surface area (Å²) in [4.78, 5) is 7.19. The number of likely N-dealkylation sites (tertiary alicyclic amines) is 1. The highest BCUT2D eigenvalue weighted by Crippen LogP contribution is 2.31. The second-order valence-corrected chi connectivity index (χ2v) is 8.87. The van der Waals surface area contributed by atoms with Gasteiger partial charge in [0.05, 0.1) is 19.3 Å². The number of benzene rings is 2. The fourth-order valence-corrected chi connectivity index (χ4v) is 4.81. The minimum Gasteiger partial charge on any atom is -0.497 e. The summed E-state index contributed by atoms with van der Waals surface area (Å²) in [7, 11) is 1.68. The molecule has 0 spiro atoms. The van der Waals surface area contributed by atoms with Crippen LogP contribution in [0.4, 0.5) is 0 Å². The summed E-state index contributed by atoms with van der Waals surface area (Å²) in [6.07, 6.45) is 5.29. The number of methoxy groups -OCH3 is 1. The van der Waals surface area contributed by atoms with Crippen molar-refractivity contribution in [3.8, 4) is 5.75 Å². The summed E-state index contributed by atoms with van der Waals surface area (Å²) in [5.74, 6) is 2.36. The molecule has 0 amide bonds. The van der Waals surface area contributed by atoms with Gasteiger partial charge >= 0.3 is 0 Å². The van der Waals surface area contributed by atoms with E-state index in [4.69, 9.17) is 9.72 Å². The molecule has 34 heavy (non-hydrogen) atoms. The van der Waals surface area contributed by atoms with Crippen molar-refractivity contribution in [3.05, 3.63) is 102 Å². The normalized spacial score (nSPS) is 15.8. The third-order valence-electron chi connectivity index (χ3n) is 6.64. The zero-order valence-electron chi connectivity index (χ0n) is 19.5. The van der Waals surface area contributed by atoms with Crippen molar-refractivity contribution < 1.29 is 4.74 Å². The van der Waals surface area contributed by atoms with Crippen LogP contribution in [0.2, 0.25) is 0 Å². The Hall–Kier alpha value is -3.58. The number of pyridine rings is 1. The van der Waals surface area contributed by atoms with E-state index in [1.54, 1.807) is 7.11 Å². The molecule has 0 N–H and O–H groups in total. The van der Waals surface area contributed by atoms with Gasteiger partial charge in [0.25, 0.3) is 0 Å². The van der Waals surface area contributed by atoms with E-state index in [1.165, 1.54) is 5.56 Å². The third kappa shape index (κ3) is 5.15. The predicted molar refractivity (Wildman–Crippen MR) is 130 cm³/mol.